The number of aromatic nitrogens is 2. The number of nitrogens with one attached hydrogen (secondary N) is 2. The molecule has 4 rings (SSSR count). The quantitative estimate of drug-likeness (QED) is 0.817. The van der Waals surface area contributed by atoms with E-state index in [0.717, 1.165) is 11.3 Å². The molecule has 1 aromatic heterocycles. The molecule has 0 saturated carbocycles. The zero-order valence-corrected chi connectivity index (χ0v) is 16.0. The molecule has 9 heteroatoms. The molecule has 144 valence electrons. The van der Waals surface area contributed by atoms with E-state index in [4.69, 9.17) is 0 Å². The van der Waals surface area contributed by atoms with Gasteiger partial charge in [0.15, 0.2) is 0 Å². The van der Waals surface area contributed by atoms with Crippen molar-refractivity contribution in [1.29, 1.82) is 0 Å². The van der Waals surface area contributed by atoms with Crippen LogP contribution in [0.25, 0.3) is 11.3 Å². The van der Waals surface area contributed by atoms with Crippen molar-refractivity contribution in [2.24, 2.45) is 4.40 Å². The highest BCUT2D eigenvalue weighted by Gasteiger charge is 2.25. The Balaban J connectivity index is 1.45. The largest absolute Gasteiger partial charge is 0.342 e. The Labute approximate surface area is 162 Å². The first-order valence-electron chi connectivity index (χ1n) is 8.82. The maximum atomic E-state index is 12.6. The van der Waals surface area contributed by atoms with Gasteiger partial charge in [0, 0.05) is 12.7 Å². The van der Waals surface area contributed by atoms with Gasteiger partial charge >= 0.3 is 0 Å². The summed E-state index contributed by atoms with van der Waals surface area (Å²) in [5.74, 6) is 0.642. The van der Waals surface area contributed by atoms with Gasteiger partial charge in [-0.3, -0.25) is 4.79 Å². The lowest BCUT2D eigenvalue weighted by atomic mass is 10.1. The van der Waals surface area contributed by atoms with Crippen LogP contribution in [0.1, 0.15) is 18.8 Å². The summed E-state index contributed by atoms with van der Waals surface area (Å²) in [6.45, 7) is 2.12. The normalized spacial score (nSPS) is 18.7. The number of carbonyl (C=O) groups excluding carboxylic acids is 1. The minimum absolute atomic E-state index is 0.0687. The van der Waals surface area contributed by atoms with Crippen molar-refractivity contribution < 1.29 is 13.2 Å². The van der Waals surface area contributed by atoms with Crippen molar-refractivity contribution in [3.8, 4) is 11.3 Å². The molecule has 0 fully saturated rings. The van der Waals surface area contributed by atoms with Crippen LogP contribution >= 0.6 is 0 Å². The third kappa shape index (κ3) is 3.74. The van der Waals surface area contributed by atoms with Crippen LogP contribution in [-0.4, -0.2) is 47.3 Å². The lowest BCUT2D eigenvalue weighted by Crippen LogP contribution is -2.38. The molecule has 2 aliphatic heterocycles. The maximum Gasteiger partial charge on any atom is 0.256 e. The number of sulfonamides is 1. The van der Waals surface area contributed by atoms with E-state index in [-0.39, 0.29) is 24.2 Å². The van der Waals surface area contributed by atoms with E-state index in [9.17, 15) is 13.2 Å². The van der Waals surface area contributed by atoms with E-state index in [1.165, 1.54) is 6.08 Å². The molecular weight excluding hydrogens is 378 g/mol. The van der Waals surface area contributed by atoms with Crippen molar-refractivity contribution >= 4 is 21.8 Å². The average Bonchev–Trinajstić information content (AvgIpc) is 3.18. The Morgan fingerprint density at radius 3 is 2.82 bits per heavy atom. The summed E-state index contributed by atoms with van der Waals surface area (Å²) in [7, 11) is -3.41. The van der Waals surface area contributed by atoms with E-state index in [2.05, 4.69) is 19.7 Å². The first-order chi connectivity index (χ1) is 13.4. The van der Waals surface area contributed by atoms with Gasteiger partial charge in [0.05, 0.1) is 29.3 Å². The van der Waals surface area contributed by atoms with Gasteiger partial charge in [0.1, 0.15) is 11.7 Å². The summed E-state index contributed by atoms with van der Waals surface area (Å²) in [4.78, 5) is 21.9. The van der Waals surface area contributed by atoms with Crippen molar-refractivity contribution in [2.45, 2.75) is 13.0 Å². The minimum Gasteiger partial charge on any atom is -0.342 e. The summed E-state index contributed by atoms with van der Waals surface area (Å²) in [5.41, 5.74) is 2.33. The fraction of sp³-hybridized carbons (Fsp3) is 0.211. The molecule has 1 amide bonds. The van der Waals surface area contributed by atoms with Crippen molar-refractivity contribution in [3.05, 3.63) is 66.3 Å². The van der Waals surface area contributed by atoms with Crippen molar-refractivity contribution in [1.82, 2.24) is 20.2 Å². The van der Waals surface area contributed by atoms with E-state index in [0.29, 0.717) is 17.2 Å². The number of rotatable bonds is 4. The predicted octanol–water partition coefficient (Wildman–Crippen LogP) is 1.75. The molecule has 2 N–H and O–H groups in total. The van der Waals surface area contributed by atoms with Gasteiger partial charge in [0.25, 0.3) is 15.9 Å². The average molecular weight is 397 g/mol. The summed E-state index contributed by atoms with van der Waals surface area (Å²) >= 11 is 0. The molecule has 0 spiro atoms. The van der Waals surface area contributed by atoms with Crippen LogP contribution in [0.4, 0.5) is 0 Å². The molecule has 8 nitrogen and oxygen atoms in total. The number of carbonyl (C=O) groups is 1. The SMILES string of the molecule is CC(NC(=O)C1=CN2CCS(=O)(=O)N=C2C=C1)c1ncc(-c2ccccc2)[nH]1. The summed E-state index contributed by atoms with van der Waals surface area (Å²) in [6.07, 6.45) is 6.46. The van der Waals surface area contributed by atoms with Crippen LogP contribution in [0.3, 0.4) is 0 Å². The van der Waals surface area contributed by atoms with E-state index in [1.54, 1.807) is 23.4 Å². The number of hydrogen-bond donors (Lipinski definition) is 2. The Morgan fingerprint density at radius 2 is 2.04 bits per heavy atom. The number of amidine groups is 1. The number of aromatic amines is 1. The van der Waals surface area contributed by atoms with Gasteiger partial charge in [-0.05, 0) is 24.6 Å². The third-order valence-corrected chi connectivity index (χ3v) is 5.69. The van der Waals surface area contributed by atoms with Gasteiger partial charge < -0.3 is 15.2 Å². The standard InChI is InChI=1S/C19H19N5O3S/c1-13(18-20-11-16(22-18)14-5-3-2-4-6-14)21-19(25)15-7-8-17-23-28(26,27)10-9-24(17)12-15/h2-8,11-13H,9-10H2,1H3,(H,20,22)(H,21,25). The molecule has 1 unspecified atom stereocenters. The van der Waals surface area contributed by atoms with Crippen LogP contribution in [0.15, 0.2) is 64.9 Å². The van der Waals surface area contributed by atoms with Crippen LogP contribution < -0.4 is 5.32 Å². The van der Waals surface area contributed by atoms with Gasteiger partial charge in [-0.2, -0.15) is 0 Å². The first-order valence-corrected chi connectivity index (χ1v) is 10.4. The van der Waals surface area contributed by atoms with Gasteiger partial charge in [0.2, 0.25) is 0 Å². The highest BCUT2D eigenvalue weighted by atomic mass is 32.2. The number of H-pyrrole nitrogens is 1. The van der Waals surface area contributed by atoms with Crippen LogP contribution in [0, 0.1) is 0 Å². The second-order valence-electron chi connectivity index (χ2n) is 6.59. The number of benzene rings is 1. The second kappa shape index (κ2) is 7.08. The highest BCUT2D eigenvalue weighted by Crippen LogP contribution is 2.20. The molecule has 2 aromatic rings. The van der Waals surface area contributed by atoms with Crippen molar-refractivity contribution in [2.75, 3.05) is 12.3 Å². The molecule has 0 radical (unpaired) electrons. The van der Waals surface area contributed by atoms with Crippen LogP contribution in [-0.2, 0) is 14.8 Å². The van der Waals surface area contributed by atoms with Gasteiger partial charge in [-0.1, -0.05) is 30.3 Å². The van der Waals surface area contributed by atoms with Gasteiger partial charge in [-0.15, -0.1) is 4.40 Å². The van der Waals surface area contributed by atoms with E-state index in [1.807, 2.05) is 37.3 Å². The number of imidazole rings is 1. The Kier molecular flexibility index (Phi) is 4.60. The summed E-state index contributed by atoms with van der Waals surface area (Å²) < 4.78 is 26.8. The van der Waals surface area contributed by atoms with E-state index >= 15 is 0 Å². The zero-order valence-electron chi connectivity index (χ0n) is 15.2. The lowest BCUT2D eigenvalue weighted by molar-refractivity contribution is -0.117. The van der Waals surface area contributed by atoms with Crippen LogP contribution in [0.5, 0.6) is 0 Å². The topological polar surface area (TPSA) is 108 Å². The molecule has 0 aliphatic carbocycles. The fourth-order valence-corrected chi connectivity index (χ4v) is 3.97. The molecule has 3 heterocycles. The molecule has 2 aliphatic rings. The monoisotopic (exact) mass is 397 g/mol. The zero-order chi connectivity index (χ0) is 19.7. The molecule has 0 saturated heterocycles. The fourth-order valence-electron chi connectivity index (χ4n) is 3.00. The van der Waals surface area contributed by atoms with Crippen molar-refractivity contribution in [3.63, 3.8) is 0 Å². The smallest absolute Gasteiger partial charge is 0.256 e. The van der Waals surface area contributed by atoms with Crippen LogP contribution in [0.2, 0.25) is 0 Å². The molecule has 0 bridgehead atoms. The number of nitrogens with zero attached hydrogens (tertiary/aromatic N) is 3. The van der Waals surface area contributed by atoms with E-state index < -0.39 is 10.0 Å². The summed E-state index contributed by atoms with van der Waals surface area (Å²) in [6, 6.07) is 9.49. The Bertz CT molecular complexity index is 1100. The molecule has 1 aromatic carbocycles. The first kappa shape index (κ1) is 18.2. The maximum absolute atomic E-state index is 12.6. The number of amides is 1. The third-order valence-electron chi connectivity index (χ3n) is 4.52. The Morgan fingerprint density at radius 1 is 1.25 bits per heavy atom. The molecule has 28 heavy (non-hydrogen) atoms. The summed E-state index contributed by atoms with van der Waals surface area (Å²) in [5, 5.41) is 2.91. The predicted molar refractivity (Wildman–Crippen MR) is 106 cm³/mol. The second-order valence-corrected chi connectivity index (χ2v) is 8.34. The Hall–Kier alpha value is -3.20. The minimum atomic E-state index is -3.41. The highest BCUT2D eigenvalue weighted by molar-refractivity contribution is 7.90. The number of fused-ring (bicyclic) bond motifs is 1. The molecule has 1 atom stereocenters. The lowest BCUT2D eigenvalue weighted by Gasteiger charge is -2.27. The molecular formula is C19H19N5O3S. The van der Waals surface area contributed by atoms with Gasteiger partial charge in [-0.25, -0.2) is 13.4 Å². The number of hydrogen-bond acceptors (Lipinski definition) is 5.